The zero-order valence-electron chi connectivity index (χ0n) is 48.2. The van der Waals surface area contributed by atoms with Gasteiger partial charge in [0.15, 0.2) is 23.3 Å². The first kappa shape index (κ1) is 71.0. The number of likely N-dealkylation sites (tertiary alicyclic amines) is 2. The summed E-state index contributed by atoms with van der Waals surface area (Å²) in [6.07, 6.45) is 11.1. The third kappa shape index (κ3) is 22.7. The number of hydrogen-bond acceptors (Lipinski definition) is 23. The summed E-state index contributed by atoms with van der Waals surface area (Å²) in [5, 5.41) is 64.2. The molecular formula is C55H59BClF4N19O11. The second kappa shape index (κ2) is 35.9. The van der Waals surface area contributed by atoms with Crippen molar-refractivity contribution in [1.82, 2.24) is 55.0 Å². The predicted octanol–water partition coefficient (Wildman–Crippen LogP) is 7.19. The molecule has 4 amide bonds. The topological polar surface area (TPSA) is 448 Å². The molecule has 3 aliphatic heterocycles. The van der Waals surface area contributed by atoms with E-state index in [1.807, 2.05) is 0 Å². The van der Waals surface area contributed by atoms with E-state index in [2.05, 4.69) is 55.8 Å². The van der Waals surface area contributed by atoms with E-state index >= 15 is 0 Å². The molecule has 4 aromatic heterocycles. The summed E-state index contributed by atoms with van der Waals surface area (Å²) in [5.74, 6) is -1.11. The summed E-state index contributed by atoms with van der Waals surface area (Å²) in [7, 11) is -0.513. The quantitative estimate of drug-likeness (QED) is 0.0227. The molecule has 0 atom stereocenters. The van der Waals surface area contributed by atoms with Crippen LogP contribution in [-0.2, 0) is 0 Å². The number of hydrogen-bond donors (Lipinski definition) is 9. The lowest BCUT2D eigenvalue weighted by Crippen LogP contribution is -2.32. The molecule has 3 fully saturated rings. The van der Waals surface area contributed by atoms with Crippen molar-refractivity contribution in [2.75, 3.05) is 74.2 Å². The Labute approximate surface area is 520 Å². The van der Waals surface area contributed by atoms with Crippen LogP contribution >= 0.6 is 11.6 Å². The minimum Gasteiger partial charge on any atom is -0.423 e. The van der Waals surface area contributed by atoms with Gasteiger partial charge < -0.3 is 47.5 Å². The van der Waals surface area contributed by atoms with Crippen molar-refractivity contribution in [2.24, 2.45) is 0 Å². The number of halogens is 5. The summed E-state index contributed by atoms with van der Waals surface area (Å²) in [4.78, 5) is 88.1. The second-order valence-corrected chi connectivity index (χ2v) is 19.1. The lowest BCUT2D eigenvalue weighted by atomic mass is 9.80. The van der Waals surface area contributed by atoms with Crippen LogP contribution < -0.4 is 38.6 Å². The number of aromatic nitrogens is 8. The lowest BCUT2D eigenvalue weighted by Gasteiger charge is -2.16. The first-order valence-electron chi connectivity index (χ1n) is 27.1. The molecule has 0 aliphatic carbocycles. The second-order valence-electron chi connectivity index (χ2n) is 18.7. The highest BCUT2D eigenvalue weighted by Gasteiger charge is 2.25. The zero-order valence-corrected chi connectivity index (χ0v) is 48.9. The summed E-state index contributed by atoms with van der Waals surface area (Å²) in [6, 6.07) is 21.0. The van der Waals surface area contributed by atoms with Gasteiger partial charge in [-0.2, -0.15) is 4.98 Å². The molecule has 11 rings (SSSR count). The molecule has 0 spiro atoms. The number of benzene rings is 4. The zero-order chi connectivity index (χ0) is 66.6. The average molecular weight is 1280 g/mol. The van der Waals surface area contributed by atoms with Gasteiger partial charge in [-0.05, 0) is 154 Å². The van der Waals surface area contributed by atoms with Crippen LogP contribution in [0.1, 0.15) is 38.5 Å². The van der Waals surface area contributed by atoms with Crippen LogP contribution in [0.2, 0.25) is 5.28 Å². The van der Waals surface area contributed by atoms with Crippen molar-refractivity contribution < 1.29 is 57.1 Å². The standard InChI is InChI=1S/C15H14FN5O3.C15H16FN5O.C10H7FN4O2.C6H6BFO2.C4H3ClN4O2.C4H9N.CH4O/c16-11-5-3-10(4-6-11)13-17-9-12(21(23)24)14(18-13)19-15(22)20-7-1-2-8-20;16-11-5-3-10(4-6-11)13-18-9-12(17)14(19-13)20-15(22)21-7-1-2-8-21;11-7-3-1-6(2-4-7)10-13-5-8(15(16)17)9(12)14-10;8-6-3-1-5(2-4-6)7(9)10;5-4-7-1-2(9(10)11)3(6)8-4;1-2-4-5-3-1;1-2/h3-6,9H,1-2,7-8H2,(H,17,18,19,22);3-6,9H,1-2,7-8,17H2,(H,18,19,20,22);1-5H,(H2,12,13,14);1-4,9-10H;1H,(H2,6,7,8);5H,1-4H2;2H,1H3. The Kier molecular flexibility index (Phi) is 28.0. The van der Waals surface area contributed by atoms with Gasteiger partial charge in [-0.1, -0.05) is 12.1 Å². The molecule has 12 N–H and O–H groups in total. The Morgan fingerprint density at radius 3 is 1.22 bits per heavy atom. The number of nitrogens with two attached hydrogens (primary N) is 3. The van der Waals surface area contributed by atoms with Gasteiger partial charge in [-0.15, -0.1) is 0 Å². The van der Waals surface area contributed by atoms with Gasteiger partial charge >= 0.3 is 36.2 Å². The predicted molar refractivity (Wildman–Crippen MR) is 329 cm³/mol. The Morgan fingerprint density at radius 1 is 0.516 bits per heavy atom. The van der Waals surface area contributed by atoms with E-state index in [1.165, 1.54) is 117 Å². The Balaban J connectivity index is 0.000000207. The van der Waals surface area contributed by atoms with Crippen LogP contribution in [0.3, 0.4) is 0 Å². The molecule has 0 saturated carbocycles. The van der Waals surface area contributed by atoms with Gasteiger partial charge in [0.05, 0.1) is 26.7 Å². The number of nitrogen functional groups attached to an aromatic ring is 3. The molecule has 0 unspecified atom stereocenters. The first-order chi connectivity index (χ1) is 43.6. The van der Waals surface area contributed by atoms with Gasteiger partial charge in [0.25, 0.3) is 0 Å². The van der Waals surface area contributed by atoms with Crippen molar-refractivity contribution >= 4 is 82.3 Å². The van der Waals surface area contributed by atoms with Crippen LogP contribution in [0.15, 0.2) is 122 Å². The number of rotatable bonds is 9. The molecular weight excluding hydrogens is 1220 g/mol. The van der Waals surface area contributed by atoms with E-state index in [0.29, 0.717) is 46.8 Å². The van der Waals surface area contributed by atoms with Crippen molar-refractivity contribution in [3.8, 4) is 34.2 Å². The highest BCUT2D eigenvalue weighted by atomic mass is 35.5. The third-order valence-electron chi connectivity index (χ3n) is 12.4. The SMILES string of the molecule is C1CCNC1.CO.Nc1cnc(-c2ccc(F)cc2)nc1NC(=O)N1CCCC1.Nc1nc(-c2ccc(F)cc2)ncc1[N+](=O)[O-].Nc1nc(Cl)ncc1[N+](=O)[O-].O=C(Nc1nc(-c2ccc(F)cc2)ncc1[N+](=O)[O-])N1CCCC1.OB(O)c1ccc(F)cc1. The minimum absolute atomic E-state index is 0.104. The Morgan fingerprint density at radius 2 is 0.857 bits per heavy atom. The number of amides is 4. The molecule has 7 heterocycles. The fraction of sp³-hybridized carbons (Fsp3) is 0.236. The molecule has 0 radical (unpaired) electrons. The number of carbonyl (C=O) groups is 2. The van der Waals surface area contributed by atoms with Gasteiger partial charge in [0.1, 0.15) is 41.9 Å². The van der Waals surface area contributed by atoms with Crippen LogP contribution in [-0.4, -0.2) is 145 Å². The molecule has 3 saturated heterocycles. The molecule has 0 bridgehead atoms. The fourth-order valence-electron chi connectivity index (χ4n) is 7.80. The van der Waals surface area contributed by atoms with Crippen LogP contribution in [0, 0.1) is 53.6 Å². The van der Waals surface area contributed by atoms with Gasteiger partial charge in [-0.25, -0.2) is 62.0 Å². The monoisotopic (exact) mass is 1280 g/mol. The Bertz CT molecular complexity index is 3690. The summed E-state index contributed by atoms with van der Waals surface area (Å²) in [5.41, 5.74) is 17.6. The molecule has 8 aromatic rings. The van der Waals surface area contributed by atoms with E-state index in [4.69, 9.17) is 44.0 Å². The minimum atomic E-state index is -1.51. The smallest absolute Gasteiger partial charge is 0.423 e. The molecule has 36 heteroatoms. The molecule has 3 aliphatic rings. The van der Waals surface area contributed by atoms with Crippen molar-refractivity contribution in [3.63, 3.8) is 0 Å². The number of carbonyl (C=O) groups excluding carboxylic acids is 2. The molecule has 91 heavy (non-hydrogen) atoms. The number of aliphatic hydroxyl groups excluding tert-OH is 1. The number of anilines is 5. The summed E-state index contributed by atoms with van der Waals surface area (Å²) >= 11 is 5.30. The average Bonchev–Trinajstić information content (AvgIpc) is 2.63. The lowest BCUT2D eigenvalue weighted by molar-refractivity contribution is -0.384. The van der Waals surface area contributed by atoms with E-state index in [1.54, 1.807) is 21.9 Å². The third-order valence-corrected chi connectivity index (χ3v) is 12.6. The van der Waals surface area contributed by atoms with Gasteiger partial charge in [0, 0.05) is 50.0 Å². The highest BCUT2D eigenvalue weighted by molar-refractivity contribution is 6.58. The Hall–Kier alpha value is -10.7. The van der Waals surface area contributed by atoms with E-state index in [9.17, 15) is 57.5 Å². The summed E-state index contributed by atoms with van der Waals surface area (Å²) < 4.78 is 50.9. The van der Waals surface area contributed by atoms with Crippen molar-refractivity contribution in [1.29, 1.82) is 0 Å². The van der Waals surface area contributed by atoms with Crippen LogP contribution in [0.5, 0.6) is 0 Å². The molecule has 30 nitrogen and oxygen atoms in total. The fourth-order valence-corrected chi connectivity index (χ4v) is 7.94. The number of urea groups is 2. The van der Waals surface area contributed by atoms with Crippen LogP contribution in [0.25, 0.3) is 34.2 Å². The maximum absolute atomic E-state index is 13.0. The van der Waals surface area contributed by atoms with E-state index in [-0.39, 0.29) is 75.1 Å². The summed E-state index contributed by atoms with van der Waals surface area (Å²) in [6.45, 7) is 5.19. The van der Waals surface area contributed by atoms with Gasteiger partial charge in [0.2, 0.25) is 22.7 Å². The highest BCUT2D eigenvalue weighted by Crippen LogP contribution is 2.27. The van der Waals surface area contributed by atoms with Gasteiger partial charge in [-0.3, -0.25) is 41.0 Å². The maximum Gasteiger partial charge on any atom is 0.488 e. The number of nitrogens with one attached hydrogen (secondary N) is 3. The van der Waals surface area contributed by atoms with Crippen molar-refractivity contribution in [2.45, 2.75) is 38.5 Å². The molecule has 4 aromatic carbocycles. The van der Waals surface area contributed by atoms with E-state index in [0.717, 1.165) is 64.5 Å². The van der Waals surface area contributed by atoms with Crippen molar-refractivity contribution in [3.05, 3.63) is 181 Å². The number of nitro groups is 3. The number of nitrogens with zero attached hydrogens (tertiary/aromatic N) is 13. The number of aliphatic hydroxyl groups is 1. The molecule has 478 valence electrons. The normalized spacial score (nSPS) is 12.5. The maximum atomic E-state index is 13.0. The first-order valence-corrected chi connectivity index (χ1v) is 27.4. The van der Waals surface area contributed by atoms with Crippen LogP contribution in [0.4, 0.5) is 73.2 Å². The van der Waals surface area contributed by atoms with E-state index < -0.39 is 39.4 Å². The largest absolute Gasteiger partial charge is 0.488 e.